The van der Waals surface area contributed by atoms with Crippen molar-refractivity contribution < 1.29 is 20.6 Å². The summed E-state index contributed by atoms with van der Waals surface area (Å²) >= 11 is 0. The molecule has 11 heteroatoms. The first kappa shape index (κ1) is 15.9. The van der Waals surface area contributed by atoms with Crippen molar-refractivity contribution in [2.45, 2.75) is 32.7 Å². The summed E-state index contributed by atoms with van der Waals surface area (Å²) in [6.07, 6.45) is 0. The van der Waals surface area contributed by atoms with Gasteiger partial charge in [-0.15, -0.1) is 0 Å². The van der Waals surface area contributed by atoms with E-state index in [0.717, 1.165) is 0 Å². The number of hydrogen-bond donors (Lipinski definition) is 1. The monoisotopic (exact) mass is 329 g/mol. The molecule has 0 aromatic carbocycles. The zero-order valence-corrected chi connectivity index (χ0v) is 17.0. The van der Waals surface area contributed by atoms with Crippen LogP contribution in [-0.4, -0.2) is 52.9 Å². The molecule has 102 valence electrons. The lowest BCUT2D eigenvalue weighted by Crippen LogP contribution is -2.59. The third kappa shape index (κ3) is 5.56. The zero-order valence-electron chi connectivity index (χ0n) is 11.4. The van der Waals surface area contributed by atoms with E-state index in [1.54, 1.807) is 0 Å². The molecule has 0 aromatic rings. The van der Waals surface area contributed by atoms with Crippen LogP contribution in [-0.2, 0) is 20.6 Å². The van der Waals surface area contributed by atoms with Gasteiger partial charge in [-0.25, -0.2) is 0 Å². The number of hydrogen-bond acceptors (Lipinski definition) is 6. The van der Waals surface area contributed by atoms with Gasteiger partial charge in [0.25, 0.3) is 18.6 Å². The van der Waals surface area contributed by atoms with Crippen LogP contribution < -0.4 is 4.98 Å². The SMILES string of the molecule is CN[Si]1(C)O[SiH](C)O[SiH](C)O[SiH](C)O[SiH](C)O1. The van der Waals surface area contributed by atoms with Gasteiger partial charge < -0.3 is 20.6 Å². The second kappa shape index (κ2) is 6.85. The fourth-order valence-electron chi connectivity index (χ4n) is 1.71. The van der Waals surface area contributed by atoms with Gasteiger partial charge in [-0.3, -0.25) is 4.98 Å². The smallest absolute Gasteiger partial charge is 0.403 e. The quantitative estimate of drug-likeness (QED) is 0.640. The Morgan fingerprint density at radius 3 is 1.47 bits per heavy atom. The van der Waals surface area contributed by atoms with Crippen molar-refractivity contribution in [2.75, 3.05) is 7.05 Å². The summed E-state index contributed by atoms with van der Waals surface area (Å²) < 4.78 is 29.5. The largest absolute Gasteiger partial charge is 0.420 e. The molecule has 1 N–H and O–H groups in total. The van der Waals surface area contributed by atoms with E-state index in [1.165, 1.54) is 0 Å². The Hall–Kier alpha value is 0.844. The van der Waals surface area contributed by atoms with Crippen LogP contribution in [0, 0.1) is 0 Å². The second-order valence-corrected chi connectivity index (χ2v) is 16.2. The van der Waals surface area contributed by atoms with Crippen molar-refractivity contribution >= 4 is 45.9 Å². The Morgan fingerprint density at radius 1 is 0.765 bits per heavy atom. The molecule has 6 nitrogen and oxygen atoms in total. The third-order valence-electron chi connectivity index (χ3n) is 2.39. The highest BCUT2D eigenvalue weighted by Gasteiger charge is 2.37. The summed E-state index contributed by atoms with van der Waals surface area (Å²) in [6, 6.07) is 0. The summed E-state index contributed by atoms with van der Waals surface area (Å²) in [5, 5.41) is 0. The lowest BCUT2D eigenvalue weighted by molar-refractivity contribution is 0.273. The Bertz CT molecular complexity index is 231. The van der Waals surface area contributed by atoms with Crippen LogP contribution in [0.4, 0.5) is 0 Å². The molecule has 4 atom stereocenters. The first-order chi connectivity index (χ1) is 7.84. The van der Waals surface area contributed by atoms with Crippen LogP contribution in [0.1, 0.15) is 0 Å². The van der Waals surface area contributed by atoms with Crippen LogP contribution in [0.3, 0.4) is 0 Å². The minimum atomic E-state index is -2.32. The van der Waals surface area contributed by atoms with Crippen molar-refractivity contribution in [1.29, 1.82) is 0 Å². The maximum Gasteiger partial charge on any atom is 0.403 e. The van der Waals surface area contributed by atoms with Gasteiger partial charge in [0.05, 0.1) is 0 Å². The molecule has 0 saturated carbocycles. The molecule has 1 rings (SSSR count). The van der Waals surface area contributed by atoms with E-state index in [-0.39, 0.29) is 0 Å². The minimum absolute atomic E-state index is 1.59. The van der Waals surface area contributed by atoms with Gasteiger partial charge in [0.1, 0.15) is 0 Å². The second-order valence-electron chi connectivity index (χ2n) is 4.11. The Balaban J connectivity index is 2.74. The lowest BCUT2D eigenvalue weighted by atomic mass is 11.6. The van der Waals surface area contributed by atoms with E-state index in [4.69, 9.17) is 20.6 Å². The highest BCUT2D eigenvalue weighted by Crippen LogP contribution is 2.12. The van der Waals surface area contributed by atoms with E-state index < -0.39 is 45.9 Å². The molecule has 0 aromatic heterocycles. The van der Waals surface area contributed by atoms with Gasteiger partial charge >= 0.3 is 27.3 Å². The first-order valence-corrected chi connectivity index (χ1v) is 16.6. The molecular formula is C6H23NO5Si5. The van der Waals surface area contributed by atoms with Crippen molar-refractivity contribution in [3.63, 3.8) is 0 Å². The minimum Gasteiger partial charge on any atom is -0.420 e. The van der Waals surface area contributed by atoms with Gasteiger partial charge in [0.2, 0.25) is 0 Å². The van der Waals surface area contributed by atoms with E-state index in [1.807, 2.05) is 39.8 Å². The van der Waals surface area contributed by atoms with Crippen LogP contribution >= 0.6 is 0 Å². The van der Waals surface area contributed by atoms with Gasteiger partial charge in [0.15, 0.2) is 0 Å². The van der Waals surface area contributed by atoms with E-state index >= 15 is 0 Å². The normalized spacial score (nSPS) is 45.5. The fraction of sp³-hybridized carbons (Fsp3) is 1.00. The van der Waals surface area contributed by atoms with E-state index in [0.29, 0.717) is 0 Å². The van der Waals surface area contributed by atoms with Crippen molar-refractivity contribution in [3.8, 4) is 0 Å². The van der Waals surface area contributed by atoms with Crippen molar-refractivity contribution in [2.24, 2.45) is 0 Å². The molecule has 17 heavy (non-hydrogen) atoms. The van der Waals surface area contributed by atoms with Gasteiger partial charge in [-0.1, -0.05) is 0 Å². The van der Waals surface area contributed by atoms with Crippen molar-refractivity contribution in [3.05, 3.63) is 0 Å². The first-order valence-electron chi connectivity index (χ1n) is 5.85. The van der Waals surface area contributed by atoms with Gasteiger partial charge in [-0.2, -0.15) is 0 Å². The molecule has 1 fully saturated rings. The summed E-state index contributed by atoms with van der Waals surface area (Å²) in [5.74, 6) is 0. The summed E-state index contributed by atoms with van der Waals surface area (Å²) in [5.41, 5.74) is 0. The zero-order chi connectivity index (χ0) is 13.1. The average molecular weight is 330 g/mol. The Kier molecular flexibility index (Phi) is 6.41. The molecule has 0 aliphatic carbocycles. The predicted molar refractivity (Wildman–Crippen MR) is 78.2 cm³/mol. The highest BCUT2D eigenvalue weighted by atomic mass is 28.5. The van der Waals surface area contributed by atoms with Crippen LogP contribution in [0.25, 0.3) is 0 Å². The molecule has 1 saturated heterocycles. The molecule has 1 aliphatic rings. The molecular weight excluding hydrogens is 306 g/mol. The van der Waals surface area contributed by atoms with Crippen LogP contribution in [0.15, 0.2) is 0 Å². The molecule has 1 heterocycles. The number of nitrogens with one attached hydrogen (secondary N) is 1. The third-order valence-corrected chi connectivity index (χ3v) is 18.7. The summed E-state index contributed by atoms with van der Waals surface area (Å²) in [6.45, 7) is 10.1. The van der Waals surface area contributed by atoms with E-state index in [2.05, 4.69) is 4.98 Å². The molecule has 4 unspecified atom stereocenters. The van der Waals surface area contributed by atoms with Crippen LogP contribution in [0.5, 0.6) is 0 Å². The summed E-state index contributed by atoms with van der Waals surface area (Å²) in [4.78, 5) is 3.18. The topological polar surface area (TPSA) is 58.2 Å². The Labute approximate surface area is 111 Å². The van der Waals surface area contributed by atoms with Gasteiger partial charge in [-0.05, 0) is 39.8 Å². The molecule has 0 bridgehead atoms. The molecule has 1 aliphatic heterocycles. The maximum atomic E-state index is 5.99. The molecule has 0 radical (unpaired) electrons. The standard InChI is InChI=1S/C6H23NO5Si5/c1-7-17(6)11-15(4)9-13(2)8-14(3)10-16(5)12-17/h7,13-16H,1-6H3. The lowest BCUT2D eigenvalue weighted by Gasteiger charge is -2.35. The fourth-order valence-corrected chi connectivity index (χ4v) is 18.0. The van der Waals surface area contributed by atoms with Gasteiger partial charge in [0, 0.05) is 0 Å². The number of rotatable bonds is 1. The summed E-state index contributed by atoms with van der Waals surface area (Å²) in [7, 11) is -6.98. The average Bonchev–Trinajstić information content (AvgIpc) is 2.14. The molecule has 0 spiro atoms. The Morgan fingerprint density at radius 2 is 1.12 bits per heavy atom. The van der Waals surface area contributed by atoms with Crippen LogP contribution in [0.2, 0.25) is 32.7 Å². The van der Waals surface area contributed by atoms with E-state index in [9.17, 15) is 0 Å². The predicted octanol–water partition coefficient (Wildman–Crippen LogP) is -0.728. The molecule has 0 amide bonds. The maximum absolute atomic E-state index is 5.99. The highest BCUT2D eigenvalue weighted by molar-refractivity contribution is 6.79. The van der Waals surface area contributed by atoms with Crippen molar-refractivity contribution in [1.82, 2.24) is 4.98 Å².